The molecule has 24 heavy (non-hydrogen) atoms. The van der Waals surface area contributed by atoms with Gasteiger partial charge in [0.15, 0.2) is 0 Å². The van der Waals surface area contributed by atoms with E-state index < -0.39 is 7.60 Å². The lowest BCUT2D eigenvalue weighted by molar-refractivity contribution is -0.142. The van der Waals surface area contributed by atoms with E-state index in [0.717, 1.165) is 5.56 Å². The molecule has 0 saturated heterocycles. The van der Waals surface area contributed by atoms with Crippen LogP contribution in [0, 0.1) is 0 Å². The zero-order valence-corrected chi connectivity index (χ0v) is 15.4. The maximum Gasteiger partial charge on any atom is 0.330 e. The van der Waals surface area contributed by atoms with Crippen molar-refractivity contribution in [2.45, 2.75) is 33.6 Å². The minimum Gasteiger partial charge on any atom is -0.478 e. The van der Waals surface area contributed by atoms with Crippen LogP contribution in [0.25, 0.3) is 0 Å². The Morgan fingerprint density at radius 3 is 2.50 bits per heavy atom. The number of ether oxygens (including phenoxy) is 2. The minimum absolute atomic E-state index is 0.177. The molecular formula is C16H26NO6P. The second-order valence-corrected chi connectivity index (χ2v) is 7.04. The third-order valence-electron chi connectivity index (χ3n) is 2.93. The third-order valence-corrected chi connectivity index (χ3v) is 5.10. The Bertz CT molecular complexity index is 541. The first kappa shape index (κ1) is 20.6. The van der Waals surface area contributed by atoms with Crippen LogP contribution >= 0.6 is 7.60 Å². The predicted octanol–water partition coefficient (Wildman–Crippen LogP) is 3.22. The minimum atomic E-state index is -3.04. The first-order chi connectivity index (χ1) is 11.5. The number of hydrogen-bond donors (Lipinski definition) is 0. The van der Waals surface area contributed by atoms with Gasteiger partial charge in [0, 0.05) is 12.3 Å². The molecule has 8 heteroatoms. The topological polar surface area (TPSA) is 84.0 Å². The van der Waals surface area contributed by atoms with Crippen LogP contribution in [0.3, 0.4) is 0 Å². The van der Waals surface area contributed by atoms with Gasteiger partial charge >= 0.3 is 13.6 Å². The highest BCUT2D eigenvalue weighted by atomic mass is 31.2. The van der Waals surface area contributed by atoms with Gasteiger partial charge in [0.2, 0.25) is 5.88 Å². The molecule has 0 saturated carbocycles. The highest BCUT2D eigenvalue weighted by molar-refractivity contribution is 7.53. The zero-order valence-electron chi connectivity index (χ0n) is 14.5. The molecule has 0 N–H and O–H groups in total. The molecule has 1 rings (SSSR count). The van der Waals surface area contributed by atoms with Crippen LogP contribution in [-0.4, -0.2) is 43.5 Å². The van der Waals surface area contributed by atoms with Gasteiger partial charge in [-0.1, -0.05) is 0 Å². The van der Waals surface area contributed by atoms with E-state index in [4.69, 9.17) is 18.5 Å². The molecule has 0 aromatic carbocycles. The molecule has 0 radical (unpaired) electrons. The Morgan fingerprint density at radius 2 is 1.88 bits per heavy atom. The van der Waals surface area contributed by atoms with Gasteiger partial charge in [-0.2, -0.15) is 0 Å². The molecule has 0 aliphatic heterocycles. The molecule has 0 bridgehead atoms. The Morgan fingerprint density at radius 1 is 1.17 bits per heavy atom. The van der Waals surface area contributed by atoms with Crippen LogP contribution in [0.15, 0.2) is 18.3 Å². The van der Waals surface area contributed by atoms with Crippen molar-refractivity contribution in [3.05, 3.63) is 23.9 Å². The summed E-state index contributed by atoms with van der Waals surface area (Å²) in [6.07, 6.45) is 2.56. The van der Waals surface area contributed by atoms with E-state index >= 15 is 0 Å². The van der Waals surface area contributed by atoms with E-state index in [0.29, 0.717) is 38.7 Å². The predicted molar refractivity (Wildman–Crippen MR) is 90.4 cm³/mol. The van der Waals surface area contributed by atoms with E-state index in [1.54, 1.807) is 39.1 Å². The number of rotatable bonds is 12. The van der Waals surface area contributed by atoms with Crippen LogP contribution < -0.4 is 4.74 Å². The van der Waals surface area contributed by atoms with Gasteiger partial charge in [0.25, 0.3) is 0 Å². The number of aromatic nitrogens is 1. The number of esters is 1. The Hall–Kier alpha value is -1.43. The normalized spacial score (nSPS) is 11.3. The van der Waals surface area contributed by atoms with E-state index in [1.165, 1.54) is 0 Å². The van der Waals surface area contributed by atoms with Crippen molar-refractivity contribution >= 4 is 13.6 Å². The fourth-order valence-electron chi connectivity index (χ4n) is 2.01. The SMILES string of the molecule is CCOC(=O)Cc1ccnc(OCCCP(=O)(OCC)OCC)c1. The Balaban J connectivity index is 2.44. The molecule has 1 aromatic rings. The Labute approximate surface area is 143 Å². The van der Waals surface area contributed by atoms with Crippen molar-refractivity contribution in [1.82, 2.24) is 4.98 Å². The molecule has 0 unspecified atom stereocenters. The molecule has 0 spiro atoms. The molecular weight excluding hydrogens is 333 g/mol. The molecule has 0 amide bonds. The summed E-state index contributed by atoms with van der Waals surface area (Å²) >= 11 is 0. The summed E-state index contributed by atoms with van der Waals surface area (Å²) < 4.78 is 33.2. The van der Waals surface area contributed by atoms with Gasteiger partial charge in [-0.05, 0) is 38.8 Å². The maximum atomic E-state index is 12.3. The molecule has 1 aromatic heterocycles. The second-order valence-electron chi connectivity index (χ2n) is 4.86. The third kappa shape index (κ3) is 7.90. The standard InChI is InChI=1S/C16H26NO6P/c1-4-20-16(18)13-14-8-9-17-15(12-14)21-10-7-11-24(19,22-5-2)23-6-3/h8-9,12H,4-7,10-11,13H2,1-3H3. The summed E-state index contributed by atoms with van der Waals surface area (Å²) in [5, 5.41) is 0. The molecule has 0 atom stereocenters. The highest BCUT2D eigenvalue weighted by Gasteiger charge is 2.22. The van der Waals surface area contributed by atoms with Crippen LogP contribution in [0.4, 0.5) is 0 Å². The molecule has 7 nitrogen and oxygen atoms in total. The maximum absolute atomic E-state index is 12.3. The van der Waals surface area contributed by atoms with Gasteiger partial charge in [-0.3, -0.25) is 9.36 Å². The van der Waals surface area contributed by atoms with Crippen molar-refractivity contribution in [2.75, 3.05) is 32.6 Å². The first-order valence-corrected chi connectivity index (χ1v) is 9.87. The van der Waals surface area contributed by atoms with Gasteiger partial charge in [-0.15, -0.1) is 0 Å². The van der Waals surface area contributed by atoms with Crippen molar-refractivity contribution in [3.63, 3.8) is 0 Å². The fraction of sp³-hybridized carbons (Fsp3) is 0.625. The lowest BCUT2D eigenvalue weighted by atomic mass is 10.2. The number of carbonyl (C=O) groups is 1. The van der Waals surface area contributed by atoms with Crippen molar-refractivity contribution in [1.29, 1.82) is 0 Å². The summed E-state index contributed by atoms with van der Waals surface area (Å²) in [4.78, 5) is 15.6. The molecule has 0 aliphatic carbocycles. The number of carbonyl (C=O) groups excluding carboxylic acids is 1. The smallest absolute Gasteiger partial charge is 0.330 e. The molecule has 0 aliphatic rings. The largest absolute Gasteiger partial charge is 0.478 e. The van der Waals surface area contributed by atoms with E-state index in [1.807, 2.05) is 0 Å². The number of hydrogen-bond acceptors (Lipinski definition) is 7. The van der Waals surface area contributed by atoms with Crippen LogP contribution in [-0.2, 0) is 29.6 Å². The average Bonchev–Trinajstić information content (AvgIpc) is 2.53. The summed E-state index contributed by atoms with van der Waals surface area (Å²) in [7, 11) is -3.04. The van der Waals surface area contributed by atoms with Crippen molar-refractivity contribution in [2.24, 2.45) is 0 Å². The highest BCUT2D eigenvalue weighted by Crippen LogP contribution is 2.48. The van der Waals surface area contributed by atoms with Gasteiger partial charge in [0.1, 0.15) is 0 Å². The number of pyridine rings is 1. The van der Waals surface area contributed by atoms with Gasteiger partial charge in [-0.25, -0.2) is 4.98 Å². The molecule has 1 heterocycles. The molecule has 0 fully saturated rings. The Kier molecular flexibility index (Phi) is 9.60. The summed E-state index contributed by atoms with van der Waals surface area (Å²) in [5.41, 5.74) is 0.771. The molecule has 136 valence electrons. The number of nitrogens with zero attached hydrogens (tertiary/aromatic N) is 1. The van der Waals surface area contributed by atoms with Crippen molar-refractivity contribution < 1.29 is 27.9 Å². The average molecular weight is 359 g/mol. The quantitative estimate of drug-likeness (QED) is 0.322. The zero-order chi connectivity index (χ0) is 17.8. The second kappa shape index (κ2) is 11.2. The lowest BCUT2D eigenvalue weighted by Crippen LogP contribution is -2.08. The summed E-state index contributed by atoms with van der Waals surface area (Å²) in [6, 6.07) is 3.43. The summed E-state index contributed by atoms with van der Waals surface area (Å²) in [6.45, 7) is 6.70. The van der Waals surface area contributed by atoms with Gasteiger partial charge < -0.3 is 18.5 Å². The monoisotopic (exact) mass is 359 g/mol. The lowest BCUT2D eigenvalue weighted by Gasteiger charge is -2.16. The van der Waals surface area contributed by atoms with Crippen LogP contribution in [0.2, 0.25) is 0 Å². The van der Waals surface area contributed by atoms with E-state index in [2.05, 4.69) is 4.98 Å². The van der Waals surface area contributed by atoms with Crippen LogP contribution in [0.5, 0.6) is 5.88 Å². The van der Waals surface area contributed by atoms with Crippen LogP contribution in [0.1, 0.15) is 32.8 Å². The van der Waals surface area contributed by atoms with E-state index in [9.17, 15) is 9.36 Å². The fourth-order valence-corrected chi connectivity index (χ4v) is 3.65. The van der Waals surface area contributed by atoms with Gasteiger partial charge in [0.05, 0.1) is 39.0 Å². The summed E-state index contributed by atoms with van der Waals surface area (Å²) in [5.74, 6) is 0.128. The van der Waals surface area contributed by atoms with Crippen molar-refractivity contribution in [3.8, 4) is 5.88 Å². The van der Waals surface area contributed by atoms with E-state index in [-0.39, 0.29) is 18.6 Å². The first-order valence-electron chi connectivity index (χ1n) is 8.14.